The maximum atomic E-state index is 12.1. The topological polar surface area (TPSA) is 78.4 Å². The highest BCUT2D eigenvalue weighted by Crippen LogP contribution is 2.28. The molecule has 0 aliphatic carbocycles. The molecule has 1 heterocycles. The molecule has 0 radical (unpaired) electrons. The number of aliphatic hydroxyl groups is 1. The molecule has 3 N–H and O–H groups in total. The molecular weight excluding hydrogens is 304 g/mol. The summed E-state index contributed by atoms with van der Waals surface area (Å²) in [5, 5.41) is 15.4. The summed E-state index contributed by atoms with van der Waals surface area (Å²) in [6, 6.07) is 7.78. The average Bonchev–Trinajstić information content (AvgIpc) is 2.61. The Bertz CT molecular complexity index is 573. The van der Waals surface area contributed by atoms with Gasteiger partial charge in [-0.1, -0.05) is 32.0 Å². The summed E-state index contributed by atoms with van der Waals surface area (Å²) in [4.78, 5) is 24.3. The van der Waals surface area contributed by atoms with Gasteiger partial charge in [0.25, 0.3) is 0 Å². The lowest BCUT2D eigenvalue weighted by atomic mass is 9.83. The van der Waals surface area contributed by atoms with Crippen molar-refractivity contribution in [3.8, 4) is 0 Å². The van der Waals surface area contributed by atoms with Gasteiger partial charge in [-0.25, -0.2) is 0 Å². The Balaban J connectivity index is 1.83. The Hall–Kier alpha value is -1.88. The number of carbonyl (C=O) groups is 2. The average molecular weight is 332 g/mol. The number of carbonyl (C=O) groups excluding carboxylic acids is 2. The van der Waals surface area contributed by atoms with Crippen molar-refractivity contribution in [2.45, 2.75) is 46.0 Å². The van der Waals surface area contributed by atoms with E-state index in [0.717, 1.165) is 24.1 Å². The highest BCUT2D eigenvalue weighted by molar-refractivity contribution is 5.96. The monoisotopic (exact) mass is 332 g/mol. The van der Waals surface area contributed by atoms with E-state index in [1.54, 1.807) is 0 Å². The summed E-state index contributed by atoms with van der Waals surface area (Å²) in [7, 11) is 0. The number of aliphatic hydroxyl groups excluding tert-OH is 1. The second kappa shape index (κ2) is 8.29. The van der Waals surface area contributed by atoms with Crippen LogP contribution >= 0.6 is 0 Å². The highest BCUT2D eigenvalue weighted by atomic mass is 16.3. The van der Waals surface area contributed by atoms with Crippen molar-refractivity contribution in [2.24, 2.45) is 11.3 Å². The lowest BCUT2D eigenvalue weighted by Crippen LogP contribution is -2.39. The van der Waals surface area contributed by atoms with Crippen LogP contribution in [0.1, 0.15) is 45.1 Å². The maximum absolute atomic E-state index is 12.1. The van der Waals surface area contributed by atoms with Crippen LogP contribution < -0.4 is 10.6 Å². The zero-order valence-electron chi connectivity index (χ0n) is 14.6. The molecule has 1 aliphatic heterocycles. The van der Waals surface area contributed by atoms with E-state index >= 15 is 0 Å². The lowest BCUT2D eigenvalue weighted by molar-refractivity contribution is -0.123. The van der Waals surface area contributed by atoms with Crippen LogP contribution in [0, 0.1) is 11.3 Å². The van der Waals surface area contributed by atoms with Gasteiger partial charge in [-0.05, 0) is 37.3 Å². The number of amides is 2. The molecule has 1 atom stereocenters. The van der Waals surface area contributed by atoms with Crippen LogP contribution in [0.15, 0.2) is 24.3 Å². The normalized spacial score (nSPS) is 17.1. The number of fused-ring (bicyclic) bond motifs is 1. The predicted molar refractivity (Wildman–Crippen MR) is 94.6 cm³/mol. The Labute approximate surface area is 143 Å². The van der Waals surface area contributed by atoms with Gasteiger partial charge in [0.2, 0.25) is 11.8 Å². The maximum Gasteiger partial charge on any atom is 0.227 e. The molecule has 0 saturated carbocycles. The minimum absolute atomic E-state index is 0.00618. The van der Waals surface area contributed by atoms with Crippen molar-refractivity contribution in [3.05, 3.63) is 29.8 Å². The fourth-order valence-corrected chi connectivity index (χ4v) is 3.11. The molecule has 1 aromatic rings. The first-order valence-electron chi connectivity index (χ1n) is 8.80. The van der Waals surface area contributed by atoms with Crippen LogP contribution in [0.3, 0.4) is 0 Å². The molecule has 0 saturated heterocycles. The molecular formula is C19H28N2O3. The lowest BCUT2D eigenvalue weighted by Gasteiger charge is -2.29. The first kappa shape index (κ1) is 18.5. The zero-order valence-corrected chi connectivity index (χ0v) is 14.6. The zero-order chi connectivity index (χ0) is 17.6. The van der Waals surface area contributed by atoms with E-state index in [-0.39, 0.29) is 29.8 Å². The molecule has 2 rings (SSSR count). The van der Waals surface area contributed by atoms with E-state index in [1.807, 2.05) is 38.1 Å². The van der Waals surface area contributed by atoms with Gasteiger partial charge >= 0.3 is 0 Å². The van der Waals surface area contributed by atoms with E-state index in [2.05, 4.69) is 10.6 Å². The molecule has 1 unspecified atom stereocenters. The van der Waals surface area contributed by atoms with Crippen molar-refractivity contribution in [3.63, 3.8) is 0 Å². The quantitative estimate of drug-likeness (QED) is 0.684. The smallest absolute Gasteiger partial charge is 0.227 e. The number of nitrogens with one attached hydrogen (secondary N) is 2. The number of hydrogen-bond acceptors (Lipinski definition) is 3. The Morgan fingerprint density at radius 3 is 2.71 bits per heavy atom. The van der Waals surface area contributed by atoms with Gasteiger partial charge < -0.3 is 15.7 Å². The molecule has 0 fully saturated rings. The molecule has 1 aromatic carbocycles. The molecule has 5 nitrogen and oxygen atoms in total. The number of rotatable bonds is 8. The molecule has 24 heavy (non-hydrogen) atoms. The second-order valence-corrected chi connectivity index (χ2v) is 6.73. The Morgan fingerprint density at radius 1 is 1.33 bits per heavy atom. The van der Waals surface area contributed by atoms with Gasteiger partial charge in [-0.3, -0.25) is 9.59 Å². The third-order valence-corrected chi connectivity index (χ3v) is 5.33. The van der Waals surface area contributed by atoms with E-state index in [4.69, 9.17) is 0 Å². The highest BCUT2D eigenvalue weighted by Gasteiger charge is 2.28. The summed E-state index contributed by atoms with van der Waals surface area (Å²) in [5.74, 6) is -0.222. The van der Waals surface area contributed by atoms with Crippen LogP contribution in [0.25, 0.3) is 0 Å². The Morgan fingerprint density at radius 2 is 2.04 bits per heavy atom. The van der Waals surface area contributed by atoms with E-state index in [0.29, 0.717) is 25.8 Å². The van der Waals surface area contributed by atoms with Crippen LogP contribution in [0.2, 0.25) is 0 Å². The van der Waals surface area contributed by atoms with Crippen molar-refractivity contribution in [1.29, 1.82) is 0 Å². The van der Waals surface area contributed by atoms with E-state index < -0.39 is 0 Å². The molecule has 0 bridgehead atoms. The summed E-state index contributed by atoms with van der Waals surface area (Å²) >= 11 is 0. The van der Waals surface area contributed by atoms with Crippen molar-refractivity contribution < 1.29 is 14.7 Å². The van der Waals surface area contributed by atoms with Crippen molar-refractivity contribution in [2.75, 3.05) is 18.5 Å². The first-order chi connectivity index (χ1) is 11.5. The van der Waals surface area contributed by atoms with Crippen LogP contribution in [-0.2, 0) is 16.0 Å². The summed E-state index contributed by atoms with van der Waals surface area (Å²) in [5.41, 5.74) is 1.76. The molecule has 1 aliphatic rings. The van der Waals surface area contributed by atoms with E-state index in [9.17, 15) is 14.7 Å². The molecule has 5 heteroatoms. The molecule has 0 spiro atoms. The van der Waals surface area contributed by atoms with Gasteiger partial charge in [0, 0.05) is 30.0 Å². The number of anilines is 1. The SMILES string of the molecule is CCC(CC)(CO)CNC(=O)CCC1Cc2ccccc2NC1=O. The number of para-hydroxylation sites is 1. The summed E-state index contributed by atoms with van der Waals surface area (Å²) in [6.07, 6.45) is 3.19. The number of hydrogen-bond donors (Lipinski definition) is 3. The van der Waals surface area contributed by atoms with Crippen LogP contribution in [0.4, 0.5) is 5.69 Å². The van der Waals surface area contributed by atoms with Crippen molar-refractivity contribution >= 4 is 17.5 Å². The van der Waals surface area contributed by atoms with Crippen LogP contribution in [-0.4, -0.2) is 30.1 Å². The van der Waals surface area contributed by atoms with Crippen LogP contribution in [0.5, 0.6) is 0 Å². The predicted octanol–water partition coefficient (Wildman–Crippen LogP) is 2.49. The third kappa shape index (κ3) is 4.35. The molecule has 0 aromatic heterocycles. The van der Waals surface area contributed by atoms with Gasteiger partial charge in [0.15, 0.2) is 0 Å². The fourth-order valence-electron chi connectivity index (χ4n) is 3.11. The van der Waals surface area contributed by atoms with Gasteiger partial charge in [0.05, 0.1) is 6.61 Å². The van der Waals surface area contributed by atoms with Crippen molar-refractivity contribution in [1.82, 2.24) is 5.32 Å². The standard InChI is InChI=1S/C19H28N2O3/c1-3-19(4-2,13-22)12-20-17(23)10-9-15-11-14-7-5-6-8-16(14)21-18(15)24/h5-8,15,22H,3-4,9-13H2,1-2H3,(H,20,23)(H,21,24). The van der Waals surface area contributed by atoms with E-state index in [1.165, 1.54) is 0 Å². The Kier molecular flexibility index (Phi) is 6.37. The minimum Gasteiger partial charge on any atom is -0.396 e. The first-order valence-corrected chi connectivity index (χ1v) is 8.80. The fraction of sp³-hybridized carbons (Fsp3) is 0.579. The third-order valence-electron chi connectivity index (χ3n) is 5.33. The van der Waals surface area contributed by atoms with Gasteiger partial charge in [0.1, 0.15) is 0 Å². The second-order valence-electron chi connectivity index (χ2n) is 6.73. The molecule has 132 valence electrons. The summed E-state index contributed by atoms with van der Waals surface area (Å²) < 4.78 is 0. The summed E-state index contributed by atoms with van der Waals surface area (Å²) in [6.45, 7) is 4.60. The molecule has 2 amide bonds. The largest absolute Gasteiger partial charge is 0.396 e. The number of benzene rings is 1. The van der Waals surface area contributed by atoms with Gasteiger partial charge in [-0.2, -0.15) is 0 Å². The minimum atomic E-state index is -0.239. The van der Waals surface area contributed by atoms with Gasteiger partial charge in [-0.15, -0.1) is 0 Å².